The van der Waals surface area contributed by atoms with Crippen LogP contribution in [0.1, 0.15) is 15.9 Å². The van der Waals surface area contributed by atoms with Gasteiger partial charge in [0.25, 0.3) is 5.91 Å². The first-order valence-electron chi connectivity index (χ1n) is 13.0. The Hall–Kier alpha value is -4.96. The van der Waals surface area contributed by atoms with Crippen molar-refractivity contribution in [2.45, 2.75) is 6.92 Å². The average Bonchev–Trinajstić information content (AvgIpc) is 3.56. The summed E-state index contributed by atoms with van der Waals surface area (Å²) in [4.78, 5) is 17.8. The summed E-state index contributed by atoms with van der Waals surface area (Å²) in [5.41, 5.74) is 5.74. The van der Waals surface area contributed by atoms with Gasteiger partial charge in [-0.05, 0) is 72.6 Å². The van der Waals surface area contributed by atoms with Gasteiger partial charge in [0.05, 0.1) is 17.5 Å². The number of carbonyl (C=O) groups excluding carboxylic acids is 1. The minimum Gasteiger partial charge on any atom is -0.455 e. The summed E-state index contributed by atoms with van der Waals surface area (Å²) in [5.74, 6) is -0.169. The van der Waals surface area contributed by atoms with E-state index in [0.717, 1.165) is 21.6 Å². The highest BCUT2D eigenvalue weighted by atomic mass is 32.2. The van der Waals surface area contributed by atoms with Crippen LogP contribution in [0.3, 0.4) is 0 Å². The quantitative estimate of drug-likeness (QED) is 0.232. The van der Waals surface area contributed by atoms with Gasteiger partial charge in [-0.1, -0.05) is 18.2 Å². The van der Waals surface area contributed by atoms with Crippen molar-refractivity contribution in [1.29, 1.82) is 0 Å². The van der Waals surface area contributed by atoms with Gasteiger partial charge in [0.2, 0.25) is 15.9 Å². The summed E-state index contributed by atoms with van der Waals surface area (Å²) >= 11 is 0. The number of oxazole rings is 1. The third-order valence-corrected chi connectivity index (χ3v) is 8.36. The van der Waals surface area contributed by atoms with Crippen molar-refractivity contribution in [2.75, 3.05) is 24.7 Å². The van der Waals surface area contributed by atoms with Gasteiger partial charge >= 0.3 is 0 Å². The Kier molecular flexibility index (Phi) is 6.58. The van der Waals surface area contributed by atoms with Crippen LogP contribution in [0.5, 0.6) is 0 Å². The summed E-state index contributed by atoms with van der Waals surface area (Å²) in [5, 5.41) is 3.12. The van der Waals surface area contributed by atoms with Crippen LogP contribution in [0.2, 0.25) is 0 Å². The second-order valence-electron chi connectivity index (χ2n) is 10.1. The van der Waals surface area contributed by atoms with Gasteiger partial charge in [0.1, 0.15) is 22.7 Å². The number of nitrogens with one attached hydrogen (secondary N) is 1. The first-order chi connectivity index (χ1) is 20.0. The number of hydrogen-bond acceptors (Lipinski definition) is 6. The van der Waals surface area contributed by atoms with Crippen LogP contribution in [-0.4, -0.2) is 39.7 Å². The fourth-order valence-corrected chi connectivity index (χ4v) is 5.44. The smallest absolute Gasteiger partial charge is 0.255 e. The maximum absolute atomic E-state index is 13.7. The zero-order chi connectivity index (χ0) is 29.8. The van der Waals surface area contributed by atoms with Gasteiger partial charge in [-0.15, -0.1) is 0 Å². The van der Waals surface area contributed by atoms with Crippen molar-refractivity contribution in [3.63, 3.8) is 0 Å². The van der Waals surface area contributed by atoms with Gasteiger partial charge < -0.3 is 14.2 Å². The summed E-state index contributed by atoms with van der Waals surface area (Å²) in [6, 6.07) is 22.1. The Bertz CT molecular complexity index is 2110. The minimum absolute atomic E-state index is 0.241. The molecule has 0 spiro atoms. The molecule has 0 fully saturated rings. The van der Waals surface area contributed by atoms with E-state index >= 15 is 0 Å². The predicted octanol–water partition coefficient (Wildman–Crippen LogP) is 6.78. The molecule has 0 saturated heterocycles. The zero-order valence-electron chi connectivity index (χ0n) is 23.2. The lowest BCUT2D eigenvalue weighted by Crippen LogP contribution is -2.25. The largest absolute Gasteiger partial charge is 0.455 e. The molecule has 0 saturated carbocycles. The summed E-state index contributed by atoms with van der Waals surface area (Å²) in [6.45, 7) is 1.97. The van der Waals surface area contributed by atoms with Crippen LogP contribution in [0.15, 0.2) is 87.7 Å². The van der Waals surface area contributed by atoms with Crippen LogP contribution in [0, 0.1) is 12.7 Å². The second kappa shape index (κ2) is 10.1. The number of nitrogens with zero attached hydrogens (tertiary/aromatic N) is 2. The number of furan rings is 1. The molecular formula is C32H26FN3O5S. The maximum Gasteiger partial charge on any atom is 0.255 e. The third-order valence-electron chi connectivity index (χ3n) is 7.17. The molecule has 2 aromatic heterocycles. The number of benzene rings is 4. The number of hydrogen-bond donors (Lipinski definition) is 1. The highest BCUT2D eigenvalue weighted by Crippen LogP contribution is 2.42. The first-order valence-corrected chi connectivity index (χ1v) is 14.9. The molecule has 212 valence electrons. The lowest BCUT2D eigenvalue weighted by Gasteiger charge is -2.21. The number of carbonyl (C=O) groups is 1. The number of rotatable bonds is 6. The zero-order valence-corrected chi connectivity index (χ0v) is 24.0. The number of fused-ring (bicyclic) bond motifs is 2. The topological polar surface area (TPSA) is 106 Å². The van der Waals surface area contributed by atoms with Crippen molar-refractivity contribution < 1.29 is 26.4 Å². The molecule has 6 rings (SSSR count). The molecule has 1 N–H and O–H groups in total. The molecule has 0 aliphatic rings. The van der Waals surface area contributed by atoms with Crippen molar-refractivity contribution in [3.05, 3.63) is 95.8 Å². The average molecular weight is 584 g/mol. The predicted molar refractivity (Wildman–Crippen MR) is 161 cm³/mol. The van der Waals surface area contributed by atoms with Crippen molar-refractivity contribution in [1.82, 2.24) is 10.3 Å². The molecule has 8 nitrogen and oxygen atoms in total. The van der Waals surface area contributed by atoms with E-state index in [0.29, 0.717) is 50.4 Å². The molecule has 0 aliphatic heterocycles. The van der Waals surface area contributed by atoms with E-state index < -0.39 is 21.7 Å². The summed E-state index contributed by atoms with van der Waals surface area (Å²) in [7, 11) is -0.718. The lowest BCUT2D eigenvalue weighted by atomic mass is 9.97. The lowest BCUT2D eigenvalue weighted by molar-refractivity contribution is 0.0964. The van der Waals surface area contributed by atoms with Gasteiger partial charge in [0, 0.05) is 42.2 Å². The van der Waals surface area contributed by atoms with E-state index in [9.17, 15) is 17.6 Å². The highest BCUT2D eigenvalue weighted by molar-refractivity contribution is 7.92. The van der Waals surface area contributed by atoms with Gasteiger partial charge in [-0.2, -0.15) is 0 Å². The van der Waals surface area contributed by atoms with Crippen LogP contribution in [0.4, 0.5) is 10.1 Å². The SMILES string of the molecule is CNC(=O)c1c(-c2ccc(F)cc2)oc2cc(N(C)S(C)(=O)=O)c(-c3cccc(-c4nc5ccc(C)cc5o4)c3)cc12. The van der Waals surface area contributed by atoms with E-state index in [4.69, 9.17) is 8.83 Å². The number of halogens is 1. The molecule has 0 unspecified atom stereocenters. The maximum atomic E-state index is 13.7. The van der Waals surface area contributed by atoms with E-state index in [1.165, 1.54) is 38.4 Å². The standard InChI is InChI=1S/C32H26FN3O5S/c1-18-8-13-25-28(14-18)41-32(35-25)21-7-5-6-20(15-21)23-16-24-27(17-26(23)36(3)42(4,38)39)40-30(29(24)31(37)34-2)19-9-11-22(33)12-10-19/h5-17H,1-4H3,(H,34,37). The molecule has 2 heterocycles. The molecule has 42 heavy (non-hydrogen) atoms. The normalized spacial score (nSPS) is 11.7. The highest BCUT2D eigenvalue weighted by Gasteiger charge is 2.26. The van der Waals surface area contributed by atoms with Crippen LogP contribution in [0.25, 0.3) is 56.0 Å². The minimum atomic E-state index is -3.68. The summed E-state index contributed by atoms with van der Waals surface area (Å²) in [6.07, 6.45) is 1.11. The molecule has 0 radical (unpaired) electrons. The van der Waals surface area contributed by atoms with Gasteiger partial charge in [-0.3, -0.25) is 9.10 Å². The second-order valence-corrected chi connectivity index (χ2v) is 12.1. The van der Waals surface area contributed by atoms with Crippen LogP contribution < -0.4 is 9.62 Å². The van der Waals surface area contributed by atoms with E-state index in [1.54, 1.807) is 12.1 Å². The summed E-state index contributed by atoms with van der Waals surface area (Å²) < 4.78 is 52.5. The van der Waals surface area contributed by atoms with E-state index in [1.807, 2.05) is 49.4 Å². The molecule has 10 heteroatoms. The molecular weight excluding hydrogens is 557 g/mol. The first kappa shape index (κ1) is 27.2. The molecule has 0 bridgehead atoms. The van der Waals surface area contributed by atoms with Gasteiger partial charge in [-0.25, -0.2) is 17.8 Å². The number of aromatic nitrogens is 1. The number of sulfonamides is 1. The fourth-order valence-electron chi connectivity index (χ4n) is 4.93. The Labute approximate surface area is 241 Å². The Balaban J connectivity index is 1.60. The van der Waals surface area contributed by atoms with Crippen LogP contribution >= 0.6 is 0 Å². The van der Waals surface area contributed by atoms with Crippen molar-refractivity contribution in [3.8, 4) is 33.9 Å². The number of aryl methyl sites for hydroxylation is 1. The molecule has 4 aromatic carbocycles. The Morgan fingerprint density at radius 1 is 0.905 bits per heavy atom. The molecule has 1 amide bonds. The molecule has 6 aromatic rings. The van der Waals surface area contributed by atoms with Crippen LogP contribution in [-0.2, 0) is 10.0 Å². The molecule has 0 atom stereocenters. The monoisotopic (exact) mass is 583 g/mol. The number of anilines is 1. The molecule has 0 aliphatic carbocycles. The van der Waals surface area contributed by atoms with Crippen molar-refractivity contribution >= 4 is 43.7 Å². The van der Waals surface area contributed by atoms with E-state index in [2.05, 4.69) is 10.3 Å². The Morgan fingerprint density at radius 2 is 1.64 bits per heavy atom. The van der Waals surface area contributed by atoms with Gasteiger partial charge in [0.15, 0.2) is 5.58 Å². The van der Waals surface area contributed by atoms with Crippen molar-refractivity contribution in [2.24, 2.45) is 0 Å². The third kappa shape index (κ3) is 4.79. The van der Waals surface area contributed by atoms with E-state index in [-0.39, 0.29) is 11.3 Å². The number of amides is 1. The Morgan fingerprint density at radius 3 is 2.36 bits per heavy atom. The fraction of sp³-hybridized carbons (Fsp3) is 0.125.